The molecule has 7 heteroatoms. The summed E-state index contributed by atoms with van der Waals surface area (Å²) >= 11 is 0. The van der Waals surface area contributed by atoms with E-state index in [1.54, 1.807) is 4.90 Å². The first kappa shape index (κ1) is 19.7. The molecule has 138 valence electrons. The van der Waals surface area contributed by atoms with Crippen LogP contribution in [0.25, 0.3) is 0 Å². The molecule has 3 rings (SSSR count). The molecule has 1 amide bonds. The third-order valence-corrected chi connectivity index (χ3v) is 4.62. The van der Waals surface area contributed by atoms with Crippen molar-refractivity contribution in [3.8, 4) is 0 Å². The largest absolute Gasteiger partial charge is 0.481 e. The predicted molar refractivity (Wildman–Crippen MR) is 97.1 cm³/mol. The summed E-state index contributed by atoms with van der Waals surface area (Å²) in [6, 6.07) is 7.85. The number of anilines is 1. The van der Waals surface area contributed by atoms with E-state index in [1.807, 2.05) is 24.3 Å². The zero-order valence-corrected chi connectivity index (χ0v) is 15.4. The molecule has 0 bridgehead atoms. The van der Waals surface area contributed by atoms with Gasteiger partial charge in [0.25, 0.3) is 0 Å². The normalized spacial score (nSPS) is 27.2. The molecule has 2 heterocycles. The summed E-state index contributed by atoms with van der Waals surface area (Å²) in [5, 5.41) is 9.07. The van der Waals surface area contributed by atoms with E-state index in [2.05, 4.69) is 18.7 Å². The highest BCUT2D eigenvalue weighted by Gasteiger charge is 2.35. The van der Waals surface area contributed by atoms with Crippen LogP contribution in [0.4, 0.5) is 5.69 Å². The third kappa shape index (κ3) is 4.71. The van der Waals surface area contributed by atoms with Crippen molar-refractivity contribution in [1.29, 1.82) is 0 Å². The first-order valence-electron chi connectivity index (χ1n) is 8.42. The SMILES string of the molecule is C[C@H]1CN(Cc2ccc(N3CC(C(=O)O)CC3=O)cc2)C[C@H](C)O1.Cl. The number of benzene rings is 1. The van der Waals surface area contributed by atoms with E-state index < -0.39 is 11.9 Å². The number of hydrogen-bond donors (Lipinski definition) is 1. The Kier molecular flexibility index (Phi) is 6.43. The molecule has 1 aromatic rings. The Morgan fingerprint density at radius 2 is 1.76 bits per heavy atom. The number of ether oxygens (including phenoxy) is 1. The molecule has 0 radical (unpaired) electrons. The van der Waals surface area contributed by atoms with Crippen LogP contribution in [0, 0.1) is 5.92 Å². The fourth-order valence-corrected chi connectivity index (χ4v) is 3.58. The van der Waals surface area contributed by atoms with E-state index in [-0.39, 0.29) is 43.5 Å². The van der Waals surface area contributed by atoms with Gasteiger partial charge in [0.2, 0.25) is 5.91 Å². The molecule has 6 nitrogen and oxygen atoms in total. The van der Waals surface area contributed by atoms with E-state index in [9.17, 15) is 9.59 Å². The van der Waals surface area contributed by atoms with Gasteiger partial charge in [-0.1, -0.05) is 12.1 Å². The van der Waals surface area contributed by atoms with Gasteiger partial charge < -0.3 is 14.7 Å². The summed E-state index contributed by atoms with van der Waals surface area (Å²) < 4.78 is 5.75. The van der Waals surface area contributed by atoms with Crippen molar-refractivity contribution in [2.75, 3.05) is 24.5 Å². The van der Waals surface area contributed by atoms with Gasteiger partial charge in [-0.2, -0.15) is 0 Å². The van der Waals surface area contributed by atoms with Gasteiger partial charge in [-0.3, -0.25) is 14.5 Å². The van der Waals surface area contributed by atoms with Crippen LogP contribution in [0.3, 0.4) is 0 Å². The fraction of sp³-hybridized carbons (Fsp3) is 0.556. The standard InChI is InChI=1S/C18H24N2O4.ClH/c1-12-8-19(9-13(2)24-12)10-14-3-5-16(6-4-14)20-11-15(18(22)23)7-17(20)21;/h3-6,12-13,15H,7-11H2,1-2H3,(H,22,23);1H/t12-,13-,15?;/m0./s1. The molecule has 0 aromatic heterocycles. The van der Waals surface area contributed by atoms with E-state index in [0.29, 0.717) is 0 Å². The second kappa shape index (κ2) is 8.17. The van der Waals surface area contributed by atoms with Gasteiger partial charge in [-0.15, -0.1) is 12.4 Å². The van der Waals surface area contributed by atoms with Gasteiger partial charge in [-0.05, 0) is 31.5 Å². The summed E-state index contributed by atoms with van der Waals surface area (Å²) in [6.45, 7) is 7.11. The Labute approximate surface area is 154 Å². The number of carboxylic acids is 1. The first-order chi connectivity index (χ1) is 11.4. The minimum Gasteiger partial charge on any atom is -0.481 e. The molecular formula is C18H25ClN2O4. The van der Waals surface area contributed by atoms with Crippen molar-refractivity contribution in [3.63, 3.8) is 0 Å². The molecule has 0 saturated carbocycles. The Balaban J connectivity index is 0.00000225. The molecule has 0 spiro atoms. The molecule has 1 aromatic carbocycles. The number of hydrogen-bond acceptors (Lipinski definition) is 4. The number of aliphatic carboxylic acids is 1. The van der Waals surface area contributed by atoms with Gasteiger partial charge in [0.15, 0.2) is 0 Å². The highest BCUT2D eigenvalue weighted by atomic mass is 35.5. The van der Waals surface area contributed by atoms with Crippen LogP contribution in [0.2, 0.25) is 0 Å². The Bertz CT molecular complexity index is 612. The average Bonchev–Trinajstić information content (AvgIpc) is 2.89. The van der Waals surface area contributed by atoms with Crippen molar-refractivity contribution < 1.29 is 19.4 Å². The minimum atomic E-state index is -0.905. The second-order valence-electron chi connectivity index (χ2n) is 6.86. The van der Waals surface area contributed by atoms with Crippen LogP contribution in [0.5, 0.6) is 0 Å². The van der Waals surface area contributed by atoms with Crippen molar-refractivity contribution in [1.82, 2.24) is 4.90 Å². The van der Waals surface area contributed by atoms with Gasteiger partial charge >= 0.3 is 5.97 Å². The molecule has 2 aliphatic rings. The lowest BCUT2D eigenvalue weighted by atomic mass is 10.1. The third-order valence-electron chi connectivity index (χ3n) is 4.62. The van der Waals surface area contributed by atoms with Crippen LogP contribution in [0.15, 0.2) is 24.3 Å². The molecule has 2 fully saturated rings. The number of morpholine rings is 1. The number of nitrogens with zero attached hydrogens (tertiary/aromatic N) is 2. The second-order valence-corrected chi connectivity index (χ2v) is 6.86. The number of carbonyl (C=O) groups excluding carboxylic acids is 1. The van der Waals surface area contributed by atoms with E-state index in [1.165, 1.54) is 5.56 Å². The molecule has 3 atom stereocenters. The topological polar surface area (TPSA) is 70.1 Å². The quantitative estimate of drug-likeness (QED) is 0.881. The summed E-state index contributed by atoms with van der Waals surface area (Å²) in [6.07, 6.45) is 0.562. The Morgan fingerprint density at radius 1 is 1.16 bits per heavy atom. The molecule has 0 aliphatic carbocycles. The van der Waals surface area contributed by atoms with Crippen molar-refractivity contribution >= 4 is 30.0 Å². The zero-order chi connectivity index (χ0) is 17.3. The first-order valence-corrected chi connectivity index (χ1v) is 8.42. The Hall–Kier alpha value is -1.63. The number of halogens is 1. The fourth-order valence-electron chi connectivity index (χ4n) is 3.58. The van der Waals surface area contributed by atoms with Gasteiger partial charge in [0, 0.05) is 38.3 Å². The number of carbonyl (C=O) groups is 2. The van der Waals surface area contributed by atoms with E-state index >= 15 is 0 Å². The maximum Gasteiger partial charge on any atom is 0.308 e. The summed E-state index contributed by atoms with van der Waals surface area (Å²) in [4.78, 5) is 27.0. The molecule has 1 N–H and O–H groups in total. The zero-order valence-electron chi connectivity index (χ0n) is 14.6. The summed E-state index contributed by atoms with van der Waals surface area (Å²) in [5.74, 6) is -1.63. The lowest BCUT2D eigenvalue weighted by molar-refractivity contribution is -0.141. The van der Waals surface area contributed by atoms with Crippen molar-refractivity contribution in [2.45, 2.75) is 39.0 Å². The monoisotopic (exact) mass is 368 g/mol. The van der Waals surface area contributed by atoms with Crippen LogP contribution >= 0.6 is 12.4 Å². The smallest absolute Gasteiger partial charge is 0.308 e. The number of rotatable bonds is 4. The molecule has 25 heavy (non-hydrogen) atoms. The van der Waals surface area contributed by atoms with Crippen LogP contribution in [0.1, 0.15) is 25.8 Å². The molecule has 2 aliphatic heterocycles. The minimum absolute atomic E-state index is 0. The van der Waals surface area contributed by atoms with E-state index in [0.717, 1.165) is 25.3 Å². The van der Waals surface area contributed by atoms with Crippen molar-refractivity contribution in [2.24, 2.45) is 5.92 Å². The average molecular weight is 369 g/mol. The Morgan fingerprint density at radius 3 is 2.28 bits per heavy atom. The summed E-state index contributed by atoms with van der Waals surface area (Å²) in [7, 11) is 0. The van der Waals surface area contributed by atoms with Gasteiger partial charge in [0.05, 0.1) is 18.1 Å². The van der Waals surface area contributed by atoms with Crippen molar-refractivity contribution in [3.05, 3.63) is 29.8 Å². The van der Waals surface area contributed by atoms with E-state index in [4.69, 9.17) is 9.84 Å². The molecule has 1 unspecified atom stereocenters. The van der Waals surface area contributed by atoms with Crippen LogP contribution in [-0.2, 0) is 20.9 Å². The molecular weight excluding hydrogens is 344 g/mol. The highest BCUT2D eigenvalue weighted by molar-refractivity contribution is 5.99. The predicted octanol–water partition coefficient (Wildman–Crippen LogP) is 2.16. The van der Waals surface area contributed by atoms with Gasteiger partial charge in [-0.25, -0.2) is 0 Å². The number of amides is 1. The maximum absolute atomic E-state index is 12.0. The highest BCUT2D eigenvalue weighted by Crippen LogP contribution is 2.26. The molecule has 2 saturated heterocycles. The maximum atomic E-state index is 12.0. The van der Waals surface area contributed by atoms with Gasteiger partial charge in [0.1, 0.15) is 0 Å². The van der Waals surface area contributed by atoms with Crippen LogP contribution < -0.4 is 4.90 Å². The summed E-state index contributed by atoms with van der Waals surface area (Å²) in [5.41, 5.74) is 1.96. The lowest BCUT2D eigenvalue weighted by Crippen LogP contribution is -2.44. The lowest BCUT2D eigenvalue weighted by Gasteiger charge is -2.35. The van der Waals surface area contributed by atoms with Crippen LogP contribution in [-0.4, -0.2) is 53.7 Å². The number of carboxylic acid groups (broad SMARTS) is 1.